The van der Waals surface area contributed by atoms with E-state index in [1.54, 1.807) is 12.1 Å². The Hall–Kier alpha value is -1.08. The van der Waals surface area contributed by atoms with Crippen molar-refractivity contribution in [2.24, 2.45) is 0 Å². The average Bonchev–Trinajstić information content (AvgIpc) is 3.20. The molecule has 0 amide bonds. The molecule has 0 radical (unpaired) electrons. The van der Waals surface area contributed by atoms with Gasteiger partial charge in [-0.25, -0.2) is 4.98 Å². The highest BCUT2D eigenvalue weighted by atomic mass is 127. The van der Waals surface area contributed by atoms with Crippen LogP contribution in [0.1, 0.15) is 24.5 Å². The van der Waals surface area contributed by atoms with Crippen LogP contribution in [0.4, 0.5) is 0 Å². The molecule has 0 aliphatic heterocycles. The van der Waals surface area contributed by atoms with Gasteiger partial charge < -0.3 is 10.1 Å². The van der Waals surface area contributed by atoms with Gasteiger partial charge in [-0.1, -0.05) is 11.6 Å². The zero-order valence-corrected chi connectivity index (χ0v) is 12.7. The van der Waals surface area contributed by atoms with Gasteiger partial charge in [0.2, 0.25) is 0 Å². The Kier molecular flexibility index (Phi) is 3.26. The zero-order valence-electron chi connectivity index (χ0n) is 9.78. The molecular weight excluding hydrogens is 379 g/mol. The minimum Gasteiger partial charge on any atom is -0.506 e. The fraction of sp³-hybridized carbons (Fsp3) is 0.231. The van der Waals surface area contributed by atoms with Crippen LogP contribution in [0.2, 0.25) is 5.02 Å². The molecule has 3 rings (SSSR count). The maximum absolute atomic E-state index is 11.9. The Morgan fingerprint density at radius 3 is 2.79 bits per heavy atom. The van der Waals surface area contributed by atoms with Crippen molar-refractivity contribution in [3.8, 4) is 17.1 Å². The lowest BCUT2D eigenvalue weighted by Crippen LogP contribution is -2.15. The monoisotopic (exact) mass is 388 g/mol. The number of benzene rings is 1. The number of nitrogens with one attached hydrogen (secondary N) is 1. The molecule has 1 aromatic carbocycles. The number of hydrogen-bond donors (Lipinski definition) is 2. The first-order valence-corrected chi connectivity index (χ1v) is 7.30. The quantitative estimate of drug-likeness (QED) is 0.776. The van der Waals surface area contributed by atoms with E-state index < -0.39 is 0 Å². The topological polar surface area (TPSA) is 66.0 Å². The lowest BCUT2D eigenvalue weighted by molar-refractivity contribution is 0.475. The van der Waals surface area contributed by atoms with E-state index in [4.69, 9.17) is 11.6 Å². The molecule has 1 saturated carbocycles. The number of rotatable bonds is 2. The molecule has 2 N–H and O–H groups in total. The van der Waals surface area contributed by atoms with Crippen LogP contribution in [0.25, 0.3) is 11.4 Å². The van der Waals surface area contributed by atoms with Gasteiger partial charge in [-0.05, 0) is 53.6 Å². The molecule has 1 aromatic heterocycles. The summed E-state index contributed by atoms with van der Waals surface area (Å²) in [6.45, 7) is 0. The van der Waals surface area contributed by atoms with Crippen molar-refractivity contribution in [1.82, 2.24) is 9.97 Å². The molecule has 2 aromatic rings. The van der Waals surface area contributed by atoms with E-state index in [0.717, 1.165) is 18.5 Å². The van der Waals surface area contributed by atoms with Crippen LogP contribution in [0.3, 0.4) is 0 Å². The number of phenolic OH excluding ortho intramolecular Hbond substituents is 1. The Bertz CT molecular complexity index is 710. The van der Waals surface area contributed by atoms with E-state index in [1.807, 2.05) is 22.6 Å². The first kappa shape index (κ1) is 12.9. The highest BCUT2D eigenvalue weighted by molar-refractivity contribution is 14.1. The summed E-state index contributed by atoms with van der Waals surface area (Å²) in [7, 11) is 0. The van der Waals surface area contributed by atoms with Gasteiger partial charge in [0.05, 0.1) is 14.3 Å². The zero-order chi connectivity index (χ0) is 13.6. The molecule has 98 valence electrons. The molecular formula is C13H10ClIN2O2. The van der Waals surface area contributed by atoms with Crippen molar-refractivity contribution < 1.29 is 5.11 Å². The number of hydrogen-bond acceptors (Lipinski definition) is 3. The molecule has 1 fully saturated rings. The number of phenols is 1. The molecule has 1 heterocycles. The molecule has 0 bridgehead atoms. The van der Waals surface area contributed by atoms with Gasteiger partial charge in [0.25, 0.3) is 5.56 Å². The smallest absolute Gasteiger partial charge is 0.264 e. The van der Waals surface area contributed by atoms with Crippen molar-refractivity contribution >= 4 is 34.2 Å². The highest BCUT2D eigenvalue weighted by Gasteiger charge is 2.29. The summed E-state index contributed by atoms with van der Waals surface area (Å²) in [4.78, 5) is 19.2. The molecule has 19 heavy (non-hydrogen) atoms. The SMILES string of the molecule is O=c1[nH]c(-c2ccc(O)c(Cl)c2)nc(C2CC2)c1I. The normalized spacial score (nSPS) is 14.6. The van der Waals surface area contributed by atoms with Gasteiger partial charge >= 0.3 is 0 Å². The van der Waals surface area contributed by atoms with Crippen LogP contribution in [-0.2, 0) is 0 Å². The van der Waals surface area contributed by atoms with E-state index in [-0.39, 0.29) is 16.3 Å². The second kappa shape index (κ2) is 4.79. The summed E-state index contributed by atoms with van der Waals surface area (Å²) in [5, 5.41) is 9.66. The van der Waals surface area contributed by atoms with E-state index in [1.165, 1.54) is 6.07 Å². The highest BCUT2D eigenvalue weighted by Crippen LogP contribution is 2.40. The Labute approximate surface area is 128 Å². The van der Waals surface area contributed by atoms with Crippen LogP contribution >= 0.6 is 34.2 Å². The van der Waals surface area contributed by atoms with E-state index in [0.29, 0.717) is 20.9 Å². The van der Waals surface area contributed by atoms with Gasteiger partial charge in [0.15, 0.2) is 0 Å². The van der Waals surface area contributed by atoms with Crippen LogP contribution in [0.5, 0.6) is 5.75 Å². The van der Waals surface area contributed by atoms with Gasteiger partial charge in [-0.15, -0.1) is 0 Å². The minimum atomic E-state index is -0.128. The second-order valence-electron chi connectivity index (χ2n) is 4.55. The molecule has 0 saturated heterocycles. The largest absolute Gasteiger partial charge is 0.506 e. The van der Waals surface area contributed by atoms with Crippen LogP contribution in [0, 0.1) is 3.57 Å². The summed E-state index contributed by atoms with van der Waals surface area (Å²) >= 11 is 7.91. The van der Waals surface area contributed by atoms with E-state index >= 15 is 0 Å². The lowest BCUT2D eigenvalue weighted by atomic mass is 10.2. The fourth-order valence-corrected chi connectivity index (χ4v) is 2.77. The number of aromatic hydroxyl groups is 1. The number of halogens is 2. The summed E-state index contributed by atoms with van der Waals surface area (Å²) in [6, 6.07) is 4.77. The van der Waals surface area contributed by atoms with Crippen LogP contribution in [0.15, 0.2) is 23.0 Å². The van der Waals surface area contributed by atoms with Gasteiger partial charge in [0, 0.05) is 11.5 Å². The fourth-order valence-electron chi connectivity index (χ4n) is 1.89. The van der Waals surface area contributed by atoms with Crippen molar-refractivity contribution in [1.29, 1.82) is 0 Å². The molecule has 1 aliphatic rings. The average molecular weight is 389 g/mol. The second-order valence-corrected chi connectivity index (χ2v) is 6.04. The molecule has 0 atom stereocenters. The van der Waals surface area contributed by atoms with Crippen LogP contribution < -0.4 is 5.56 Å². The molecule has 1 aliphatic carbocycles. The number of aromatic nitrogens is 2. The van der Waals surface area contributed by atoms with E-state index in [2.05, 4.69) is 9.97 Å². The third-order valence-electron chi connectivity index (χ3n) is 3.07. The molecule has 0 spiro atoms. The van der Waals surface area contributed by atoms with Gasteiger partial charge in [-0.3, -0.25) is 4.79 Å². The number of H-pyrrole nitrogens is 1. The third kappa shape index (κ3) is 2.49. The third-order valence-corrected chi connectivity index (χ3v) is 4.42. The summed E-state index contributed by atoms with van der Waals surface area (Å²) in [5.41, 5.74) is 1.43. The Morgan fingerprint density at radius 2 is 2.16 bits per heavy atom. The molecule has 6 heteroatoms. The summed E-state index contributed by atoms with van der Waals surface area (Å²) < 4.78 is 0.661. The maximum Gasteiger partial charge on any atom is 0.264 e. The minimum absolute atomic E-state index is 0.0145. The Balaban J connectivity index is 2.14. The number of nitrogens with zero attached hydrogens (tertiary/aromatic N) is 1. The summed E-state index contributed by atoms with van der Waals surface area (Å²) in [6.07, 6.45) is 2.17. The first-order chi connectivity index (χ1) is 9.06. The summed E-state index contributed by atoms with van der Waals surface area (Å²) in [5.74, 6) is 0.912. The lowest BCUT2D eigenvalue weighted by Gasteiger charge is -2.07. The van der Waals surface area contributed by atoms with Gasteiger partial charge in [-0.2, -0.15) is 0 Å². The van der Waals surface area contributed by atoms with E-state index in [9.17, 15) is 9.90 Å². The van der Waals surface area contributed by atoms with Crippen molar-refractivity contribution in [2.75, 3.05) is 0 Å². The predicted molar refractivity (Wildman–Crippen MR) is 81.7 cm³/mol. The Morgan fingerprint density at radius 1 is 1.42 bits per heavy atom. The van der Waals surface area contributed by atoms with Crippen LogP contribution in [-0.4, -0.2) is 15.1 Å². The maximum atomic E-state index is 11.9. The van der Waals surface area contributed by atoms with Crippen molar-refractivity contribution in [3.63, 3.8) is 0 Å². The molecule has 0 unspecified atom stereocenters. The standard InChI is InChI=1S/C13H10ClIN2O2/c14-8-5-7(3-4-9(8)18)12-16-11(6-1-2-6)10(15)13(19)17-12/h3-6,18H,1-2H2,(H,16,17,19). The van der Waals surface area contributed by atoms with Crippen molar-refractivity contribution in [3.05, 3.63) is 42.8 Å². The number of aromatic amines is 1. The first-order valence-electron chi connectivity index (χ1n) is 5.85. The van der Waals surface area contributed by atoms with Crippen molar-refractivity contribution in [2.45, 2.75) is 18.8 Å². The predicted octanol–water partition coefficient (Wildman–Crippen LogP) is 3.28. The molecule has 4 nitrogen and oxygen atoms in total. The van der Waals surface area contributed by atoms with Gasteiger partial charge in [0.1, 0.15) is 11.6 Å².